The van der Waals surface area contributed by atoms with Gasteiger partial charge in [0.05, 0.1) is 19.2 Å². The number of rotatable bonds is 6. The van der Waals surface area contributed by atoms with Crippen LogP contribution in [0.2, 0.25) is 0 Å². The number of nitrogen functional groups attached to an aromatic ring is 1. The van der Waals surface area contributed by atoms with E-state index in [-0.39, 0.29) is 5.91 Å². The zero-order valence-electron chi connectivity index (χ0n) is 12.1. The van der Waals surface area contributed by atoms with E-state index in [1.165, 1.54) is 11.8 Å². The maximum absolute atomic E-state index is 11.3. The second kappa shape index (κ2) is 6.92. The minimum atomic E-state index is -0.359. The van der Waals surface area contributed by atoms with Crippen LogP contribution in [0.3, 0.4) is 0 Å². The van der Waals surface area contributed by atoms with Crippen LogP contribution in [0.15, 0.2) is 41.0 Å². The van der Waals surface area contributed by atoms with Gasteiger partial charge in [-0.1, -0.05) is 12.1 Å². The number of ether oxygens (including phenoxy) is 1. The quantitative estimate of drug-likeness (QED) is 0.479. The van der Waals surface area contributed by atoms with Crippen molar-refractivity contribution in [2.45, 2.75) is 13.1 Å². The largest absolute Gasteiger partial charge is 0.497 e. The maximum atomic E-state index is 11.3. The van der Waals surface area contributed by atoms with Crippen molar-refractivity contribution in [1.29, 1.82) is 0 Å². The zero-order valence-corrected chi connectivity index (χ0v) is 12.1. The van der Waals surface area contributed by atoms with E-state index < -0.39 is 0 Å². The smallest absolute Gasteiger partial charge is 0.268 e. The van der Waals surface area contributed by atoms with Crippen molar-refractivity contribution in [1.82, 2.24) is 10.3 Å². The molecular weight excluding hydrogens is 270 g/mol. The monoisotopic (exact) mass is 289 g/mol. The molecule has 1 heterocycles. The predicted molar refractivity (Wildman–Crippen MR) is 78.5 cm³/mol. The van der Waals surface area contributed by atoms with E-state index in [9.17, 15) is 4.79 Å². The Kier molecular flexibility index (Phi) is 4.97. The van der Waals surface area contributed by atoms with Crippen LogP contribution < -0.4 is 16.0 Å². The molecule has 0 fully saturated rings. The lowest BCUT2D eigenvalue weighted by Crippen LogP contribution is -2.29. The Balaban J connectivity index is 1.92. The number of benzene rings is 1. The summed E-state index contributed by atoms with van der Waals surface area (Å²) in [5, 5.41) is 0. The number of hydrogen-bond donors (Lipinski definition) is 2. The Morgan fingerprint density at radius 3 is 2.67 bits per heavy atom. The van der Waals surface area contributed by atoms with Gasteiger partial charge in [0.25, 0.3) is 5.91 Å². The topological polar surface area (TPSA) is 80.7 Å². The third-order valence-electron chi connectivity index (χ3n) is 3.08. The van der Waals surface area contributed by atoms with Gasteiger partial charge < -0.3 is 9.15 Å². The van der Waals surface area contributed by atoms with Crippen molar-refractivity contribution in [3.8, 4) is 5.75 Å². The summed E-state index contributed by atoms with van der Waals surface area (Å²) in [6, 6.07) is 9.59. The molecule has 1 amide bonds. The number of hydrazine groups is 1. The molecule has 0 aliphatic heterocycles. The van der Waals surface area contributed by atoms with E-state index in [0.29, 0.717) is 17.9 Å². The molecule has 21 heavy (non-hydrogen) atoms. The highest BCUT2D eigenvalue weighted by molar-refractivity contribution is 5.93. The first kappa shape index (κ1) is 15.1. The second-order valence-corrected chi connectivity index (χ2v) is 4.80. The normalized spacial score (nSPS) is 10.7. The van der Waals surface area contributed by atoms with Crippen molar-refractivity contribution in [2.75, 3.05) is 14.2 Å². The molecule has 0 spiro atoms. The molecule has 2 rings (SSSR count). The number of methoxy groups -OCH3 is 1. The standard InChI is InChI=1S/C15H19N3O3/c1-18(8-11-3-5-13(20-2)6-4-11)9-14-7-12(10-21-14)15(19)17-16/h3-7,10H,8-9,16H2,1-2H3,(H,17,19). The van der Waals surface area contributed by atoms with Crippen molar-refractivity contribution in [3.05, 3.63) is 53.5 Å². The lowest BCUT2D eigenvalue weighted by Gasteiger charge is -2.15. The first-order valence-corrected chi connectivity index (χ1v) is 6.52. The Morgan fingerprint density at radius 1 is 1.33 bits per heavy atom. The van der Waals surface area contributed by atoms with Gasteiger partial charge in [0, 0.05) is 6.54 Å². The number of nitrogens with zero attached hydrogens (tertiary/aromatic N) is 1. The average molecular weight is 289 g/mol. The molecule has 1 aromatic heterocycles. The first-order valence-electron chi connectivity index (χ1n) is 6.52. The van der Waals surface area contributed by atoms with E-state index in [0.717, 1.165) is 12.3 Å². The van der Waals surface area contributed by atoms with Crippen molar-refractivity contribution in [2.24, 2.45) is 5.84 Å². The van der Waals surface area contributed by atoms with Crippen LogP contribution in [0, 0.1) is 0 Å². The van der Waals surface area contributed by atoms with Crippen LogP contribution in [-0.2, 0) is 13.1 Å². The predicted octanol–water partition coefficient (Wildman–Crippen LogP) is 1.52. The zero-order chi connectivity index (χ0) is 15.2. The highest BCUT2D eigenvalue weighted by atomic mass is 16.5. The van der Waals surface area contributed by atoms with Crippen molar-refractivity contribution in [3.63, 3.8) is 0 Å². The van der Waals surface area contributed by atoms with Gasteiger partial charge in [-0.05, 0) is 30.8 Å². The molecule has 0 unspecified atom stereocenters. The Bertz CT molecular complexity index is 592. The summed E-state index contributed by atoms with van der Waals surface area (Å²) in [5.74, 6) is 6.27. The van der Waals surface area contributed by atoms with Gasteiger partial charge in [-0.2, -0.15) is 0 Å². The highest BCUT2D eigenvalue weighted by Gasteiger charge is 2.10. The molecule has 6 heteroatoms. The van der Waals surface area contributed by atoms with Crippen LogP contribution in [0.25, 0.3) is 0 Å². The van der Waals surface area contributed by atoms with E-state index in [1.807, 2.05) is 31.3 Å². The molecule has 112 valence electrons. The minimum Gasteiger partial charge on any atom is -0.497 e. The number of carbonyl (C=O) groups is 1. The van der Waals surface area contributed by atoms with E-state index in [1.54, 1.807) is 13.2 Å². The number of nitrogens with one attached hydrogen (secondary N) is 1. The Hall–Kier alpha value is -2.31. The molecule has 0 aliphatic carbocycles. The summed E-state index contributed by atoms with van der Waals surface area (Å²) >= 11 is 0. The Labute approximate surface area is 123 Å². The lowest BCUT2D eigenvalue weighted by atomic mass is 10.2. The van der Waals surface area contributed by atoms with Crippen molar-refractivity contribution >= 4 is 5.91 Å². The molecule has 1 aromatic carbocycles. The molecule has 3 N–H and O–H groups in total. The average Bonchev–Trinajstić information content (AvgIpc) is 2.95. The molecule has 0 radical (unpaired) electrons. The van der Waals surface area contributed by atoms with Crippen LogP contribution in [0.1, 0.15) is 21.7 Å². The number of nitrogens with two attached hydrogens (primary N) is 1. The third kappa shape index (κ3) is 4.08. The maximum Gasteiger partial charge on any atom is 0.268 e. The van der Waals surface area contributed by atoms with Gasteiger partial charge in [-0.15, -0.1) is 0 Å². The number of hydrogen-bond acceptors (Lipinski definition) is 5. The van der Waals surface area contributed by atoms with Crippen molar-refractivity contribution < 1.29 is 13.9 Å². The molecule has 6 nitrogen and oxygen atoms in total. The van der Waals surface area contributed by atoms with E-state index in [2.05, 4.69) is 10.3 Å². The molecule has 0 saturated carbocycles. The second-order valence-electron chi connectivity index (χ2n) is 4.80. The van der Waals surface area contributed by atoms with Gasteiger partial charge in [-0.3, -0.25) is 15.1 Å². The molecule has 0 atom stereocenters. The fourth-order valence-electron chi connectivity index (χ4n) is 2.03. The van der Waals surface area contributed by atoms with Gasteiger partial charge in [0.1, 0.15) is 17.8 Å². The molecular formula is C15H19N3O3. The van der Waals surface area contributed by atoms with Crippen LogP contribution in [0.5, 0.6) is 5.75 Å². The van der Waals surface area contributed by atoms with Gasteiger partial charge in [0.2, 0.25) is 0 Å². The van der Waals surface area contributed by atoms with E-state index in [4.69, 9.17) is 15.0 Å². The fourth-order valence-corrected chi connectivity index (χ4v) is 2.03. The number of amides is 1. The SMILES string of the molecule is COc1ccc(CN(C)Cc2cc(C(=O)NN)co2)cc1. The number of furan rings is 1. The first-order chi connectivity index (χ1) is 10.1. The summed E-state index contributed by atoms with van der Waals surface area (Å²) in [5.41, 5.74) is 3.67. The minimum absolute atomic E-state index is 0.359. The van der Waals surface area contributed by atoms with Crippen LogP contribution in [-0.4, -0.2) is 25.0 Å². The van der Waals surface area contributed by atoms with Gasteiger partial charge >= 0.3 is 0 Å². The molecule has 0 bridgehead atoms. The summed E-state index contributed by atoms with van der Waals surface area (Å²) in [7, 11) is 3.63. The van der Waals surface area contributed by atoms with Gasteiger partial charge in [0.15, 0.2) is 0 Å². The van der Waals surface area contributed by atoms with Crippen LogP contribution in [0.4, 0.5) is 0 Å². The molecule has 0 saturated heterocycles. The summed E-state index contributed by atoms with van der Waals surface area (Å²) in [6.45, 7) is 1.37. The van der Waals surface area contributed by atoms with Crippen LogP contribution >= 0.6 is 0 Å². The molecule has 2 aromatic rings. The Morgan fingerprint density at radius 2 is 2.05 bits per heavy atom. The van der Waals surface area contributed by atoms with Gasteiger partial charge in [-0.25, -0.2) is 5.84 Å². The number of carbonyl (C=O) groups excluding carboxylic acids is 1. The third-order valence-corrected chi connectivity index (χ3v) is 3.08. The van der Waals surface area contributed by atoms with E-state index >= 15 is 0 Å². The molecule has 0 aliphatic rings. The highest BCUT2D eigenvalue weighted by Crippen LogP contribution is 2.15. The lowest BCUT2D eigenvalue weighted by molar-refractivity contribution is 0.0953. The fraction of sp³-hybridized carbons (Fsp3) is 0.267. The summed E-state index contributed by atoms with van der Waals surface area (Å²) in [6.07, 6.45) is 1.40. The summed E-state index contributed by atoms with van der Waals surface area (Å²) in [4.78, 5) is 13.4. The summed E-state index contributed by atoms with van der Waals surface area (Å²) < 4.78 is 10.5.